The minimum absolute atomic E-state index is 0.707. The third kappa shape index (κ3) is 3.39. The molecular formula is C17H22N4. The van der Waals surface area contributed by atoms with E-state index in [9.17, 15) is 0 Å². The maximum absolute atomic E-state index is 4.65. The minimum Gasteiger partial charge on any atom is -0.314 e. The lowest BCUT2D eigenvalue weighted by atomic mass is 10.2. The van der Waals surface area contributed by atoms with Crippen molar-refractivity contribution in [3.8, 4) is 0 Å². The summed E-state index contributed by atoms with van der Waals surface area (Å²) in [6.45, 7) is 5.01. The fourth-order valence-electron chi connectivity index (χ4n) is 2.31. The van der Waals surface area contributed by atoms with E-state index in [0.29, 0.717) is 6.04 Å². The molecule has 0 bridgehead atoms. The van der Waals surface area contributed by atoms with Crippen molar-refractivity contribution in [2.24, 2.45) is 0 Å². The van der Waals surface area contributed by atoms with Crippen LogP contribution in [0.3, 0.4) is 0 Å². The molecule has 1 saturated carbocycles. The first-order valence-electron chi connectivity index (χ1n) is 7.50. The Morgan fingerprint density at radius 3 is 2.76 bits per heavy atom. The third-order valence-corrected chi connectivity index (χ3v) is 3.92. The molecule has 1 heterocycles. The Hall–Kier alpha value is -1.94. The topological polar surface area (TPSA) is 41.1 Å². The number of aryl methyl sites for hydroxylation is 2. The number of anilines is 2. The maximum atomic E-state index is 4.65. The lowest BCUT2D eigenvalue weighted by Gasteiger charge is -2.18. The van der Waals surface area contributed by atoms with Gasteiger partial charge in [-0.05, 0) is 44.4 Å². The summed E-state index contributed by atoms with van der Waals surface area (Å²) in [4.78, 5) is 11.2. The Balaban J connectivity index is 1.76. The van der Waals surface area contributed by atoms with Crippen LogP contribution in [0.4, 0.5) is 11.6 Å². The van der Waals surface area contributed by atoms with Gasteiger partial charge in [-0.3, -0.25) is 0 Å². The largest absolute Gasteiger partial charge is 0.314 e. The summed E-state index contributed by atoms with van der Waals surface area (Å²) < 4.78 is 0. The van der Waals surface area contributed by atoms with Crippen molar-refractivity contribution in [3.05, 3.63) is 47.3 Å². The van der Waals surface area contributed by atoms with Crippen LogP contribution in [0.25, 0.3) is 0 Å². The molecular weight excluding hydrogens is 260 g/mol. The van der Waals surface area contributed by atoms with E-state index in [-0.39, 0.29) is 0 Å². The highest BCUT2D eigenvalue weighted by Crippen LogP contribution is 2.22. The predicted octanol–water partition coefficient (Wildman–Crippen LogP) is 3.11. The molecule has 4 heteroatoms. The fraction of sp³-hybridized carbons (Fsp3) is 0.412. The van der Waals surface area contributed by atoms with Gasteiger partial charge in [0.1, 0.15) is 0 Å². The van der Waals surface area contributed by atoms with Gasteiger partial charge in [0.2, 0.25) is 5.95 Å². The van der Waals surface area contributed by atoms with Crippen LogP contribution in [0, 0.1) is 13.8 Å². The highest BCUT2D eigenvalue weighted by atomic mass is 15.2. The van der Waals surface area contributed by atoms with Crippen molar-refractivity contribution < 1.29 is 0 Å². The molecule has 21 heavy (non-hydrogen) atoms. The molecule has 0 saturated heterocycles. The van der Waals surface area contributed by atoms with Gasteiger partial charge >= 0.3 is 0 Å². The van der Waals surface area contributed by atoms with E-state index in [1.54, 1.807) is 0 Å². The van der Waals surface area contributed by atoms with Crippen LogP contribution in [-0.4, -0.2) is 23.1 Å². The molecule has 1 aliphatic rings. The molecule has 1 aromatic carbocycles. The quantitative estimate of drug-likeness (QED) is 0.915. The summed E-state index contributed by atoms with van der Waals surface area (Å²) in [6, 6.07) is 9.08. The van der Waals surface area contributed by atoms with E-state index >= 15 is 0 Å². The third-order valence-electron chi connectivity index (χ3n) is 3.92. The lowest BCUT2D eigenvalue weighted by Crippen LogP contribution is -2.18. The van der Waals surface area contributed by atoms with Gasteiger partial charge in [-0.15, -0.1) is 0 Å². The SMILES string of the molecule is Cc1cccc(N(C)c2ncc(CNC3CC3)c(C)n2)c1. The summed E-state index contributed by atoms with van der Waals surface area (Å²) in [5.41, 5.74) is 4.58. The van der Waals surface area contributed by atoms with Crippen LogP contribution in [0.1, 0.15) is 29.7 Å². The van der Waals surface area contributed by atoms with Gasteiger partial charge in [-0.1, -0.05) is 12.1 Å². The van der Waals surface area contributed by atoms with E-state index in [1.807, 2.05) is 18.1 Å². The number of aromatic nitrogens is 2. The standard InChI is InChI=1S/C17H22N4/c1-12-5-4-6-16(9-12)21(3)17-19-11-14(13(2)20-17)10-18-15-7-8-15/h4-6,9,11,15,18H,7-8,10H2,1-3H3. The highest BCUT2D eigenvalue weighted by molar-refractivity contribution is 5.57. The summed E-state index contributed by atoms with van der Waals surface area (Å²) in [6.07, 6.45) is 4.54. The Bertz CT molecular complexity index is 634. The number of nitrogens with one attached hydrogen (secondary N) is 1. The van der Waals surface area contributed by atoms with Gasteiger partial charge in [0.15, 0.2) is 0 Å². The molecule has 3 rings (SSSR count). The van der Waals surface area contributed by atoms with Gasteiger partial charge in [-0.25, -0.2) is 9.97 Å². The molecule has 0 unspecified atom stereocenters. The van der Waals surface area contributed by atoms with Gasteiger partial charge in [0.25, 0.3) is 0 Å². The number of hydrogen-bond donors (Lipinski definition) is 1. The molecule has 110 valence electrons. The first kappa shape index (κ1) is 14.0. The van der Waals surface area contributed by atoms with Crippen molar-refractivity contribution in [1.29, 1.82) is 0 Å². The van der Waals surface area contributed by atoms with E-state index in [1.165, 1.54) is 24.0 Å². The summed E-state index contributed by atoms with van der Waals surface area (Å²) in [5.74, 6) is 0.744. The average Bonchev–Trinajstić information content (AvgIpc) is 3.29. The molecule has 4 nitrogen and oxygen atoms in total. The number of rotatable bonds is 5. The van der Waals surface area contributed by atoms with Crippen LogP contribution in [0.2, 0.25) is 0 Å². The molecule has 1 fully saturated rings. The Labute approximate surface area is 126 Å². The van der Waals surface area contributed by atoms with Crippen LogP contribution < -0.4 is 10.2 Å². The predicted molar refractivity (Wildman–Crippen MR) is 85.9 cm³/mol. The fourth-order valence-corrected chi connectivity index (χ4v) is 2.31. The van der Waals surface area contributed by atoms with E-state index in [2.05, 4.69) is 53.4 Å². The highest BCUT2D eigenvalue weighted by Gasteiger charge is 2.20. The molecule has 0 radical (unpaired) electrons. The first-order valence-corrected chi connectivity index (χ1v) is 7.50. The Morgan fingerprint density at radius 1 is 1.29 bits per heavy atom. The summed E-state index contributed by atoms with van der Waals surface area (Å²) in [7, 11) is 2.01. The molecule has 1 aromatic heterocycles. The van der Waals surface area contributed by atoms with Crippen LogP contribution in [0.5, 0.6) is 0 Å². The van der Waals surface area contributed by atoms with Crippen molar-refractivity contribution in [1.82, 2.24) is 15.3 Å². The van der Waals surface area contributed by atoms with Gasteiger partial charge in [0, 0.05) is 42.8 Å². The average molecular weight is 282 g/mol. The van der Waals surface area contributed by atoms with Crippen molar-refractivity contribution in [3.63, 3.8) is 0 Å². The second-order valence-electron chi connectivity index (χ2n) is 5.83. The molecule has 0 spiro atoms. The van der Waals surface area contributed by atoms with Crippen molar-refractivity contribution in [2.45, 2.75) is 39.3 Å². The van der Waals surface area contributed by atoms with Gasteiger partial charge in [0.05, 0.1) is 0 Å². The maximum Gasteiger partial charge on any atom is 0.229 e. The second-order valence-corrected chi connectivity index (χ2v) is 5.83. The molecule has 1 aliphatic carbocycles. The van der Waals surface area contributed by atoms with Crippen molar-refractivity contribution >= 4 is 11.6 Å². The van der Waals surface area contributed by atoms with Gasteiger partial charge in [-0.2, -0.15) is 0 Å². The first-order chi connectivity index (χ1) is 10.1. The van der Waals surface area contributed by atoms with E-state index < -0.39 is 0 Å². The van der Waals surface area contributed by atoms with E-state index in [0.717, 1.165) is 23.9 Å². The number of benzene rings is 1. The zero-order valence-corrected chi connectivity index (χ0v) is 12.9. The number of hydrogen-bond acceptors (Lipinski definition) is 4. The molecule has 2 aromatic rings. The molecule has 0 atom stereocenters. The van der Waals surface area contributed by atoms with Crippen LogP contribution >= 0.6 is 0 Å². The normalized spacial score (nSPS) is 14.2. The zero-order valence-electron chi connectivity index (χ0n) is 12.9. The molecule has 0 amide bonds. The number of nitrogens with zero attached hydrogens (tertiary/aromatic N) is 3. The smallest absolute Gasteiger partial charge is 0.229 e. The zero-order chi connectivity index (χ0) is 14.8. The lowest BCUT2D eigenvalue weighted by molar-refractivity contribution is 0.679. The van der Waals surface area contributed by atoms with Crippen LogP contribution in [0.15, 0.2) is 30.5 Å². The second kappa shape index (κ2) is 5.82. The molecule has 1 N–H and O–H groups in total. The summed E-state index contributed by atoms with van der Waals surface area (Å²) in [5, 5.41) is 3.51. The van der Waals surface area contributed by atoms with Gasteiger partial charge < -0.3 is 10.2 Å². The monoisotopic (exact) mass is 282 g/mol. The van der Waals surface area contributed by atoms with Crippen LogP contribution in [-0.2, 0) is 6.54 Å². The van der Waals surface area contributed by atoms with Crippen molar-refractivity contribution in [2.75, 3.05) is 11.9 Å². The Morgan fingerprint density at radius 2 is 2.10 bits per heavy atom. The molecule has 0 aliphatic heterocycles. The Kier molecular flexibility index (Phi) is 3.88. The summed E-state index contributed by atoms with van der Waals surface area (Å²) >= 11 is 0. The van der Waals surface area contributed by atoms with E-state index in [4.69, 9.17) is 0 Å². The minimum atomic E-state index is 0.707.